The van der Waals surface area contributed by atoms with Crippen LogP contribution in [-0.4, -0.2) is 40.9 Å². The summed E-state index contributed by atoms with van der Waals surface area (Å²) in [5.74, 6) is 0.828. The highest BCUT2D eigenvalue weighted by molar-refractivity contribution is 7.89. The molecule has 0 amide bonds. The van der Waals surface area contributed by atoms with Gasteiger partial charge < -0.3 is 14.2 Å². The van der Waals surface area contributed by atoms with E-state index in [0.29, 0.717) is 31.3 Å². The van der Waals surface area contributed by atoms with Gasteiger partial charge in [-0.25, -0.2) is 13.1 Å². The molecule has 1 saturated heterocycles. The smallest absolute Gasteiger partial charge is 0.244 e. The van der Waals surface area contributed by atoms with Crippen LogP contribution in [0.3, 0.4) is 0 Å². The summed E-state index contributed by atoms with van der Waals surface area (Å²) in [6.45, 7) is 5.48. The van der Waals surface area contributed by atoms with Crippen molar-refractivity contribution >= 4 is 10.0 Å². The standard InChI is InChI=1S/C15H23NO5S/c1-3-19-12-7-8-14(20-4-2)15(10-12)22(17,18)16-11-13-6-5-9-21-13/h7-8,10,13,16H,3-6,9,11H2,1-2H3/t13-/m1/s1. The van der Waals surface area contributed by atoms with E-state index in [1.165, 1.54) is 6.07 Å². The summed E-state index contributed by atoms with van der Waals surface area (Å²) in [6.07, 6.45) is 1.79. The fourth-order valence-corrected chi connectivity index (χ4v) is 3.54. The van der Waals surface area contributed by atoms with Gasteiger partial charge in [-0.15, -0.1) is 0 Å². The van der Waals surface area contributed by atoms with Crippen molar-refractivity contribution in [1.29, 1.82) is 0 Å². The molecule has 0 bridgehead atoms. The summed E-state index contributed by atoms with van der Waals surface area (Å²) < 4.78 is 43.9. The van der Waals surface area contributed by atoms with Crippen LogP contribution in [0.1, 0.15) is 26.7 Å². The van der Waals surface area contributed by atoms with Crippen LogP contribution in [0.15, 0.2) is 23.1 Å². The van der Waals surface area contributed by atoms with Gasteiger partial charge in [0, 0.05) is 19.2 Å². The van der Waals surface area contributed by atoms with E-state index in [4.69, 9.17) is 14.2 Å². The zero-order chi connectivity index (χ0) is 16.0. The van der Waals surface area contributed by atoms with Gasteiger partial charge in [-0.1, -0.05) is 0 Å². The van der Waals surface area contributed by atoms with Crippen LogP contribution in [0.25, 0.3) is 0 Å². The second-order valence-electron chi connectivity index (χ2n) is 4.96. The van der Waals surface area contributed by atoms with Crippen molar-refractivity contribution in [2.24, 2.45) is 0 Å². The van der Waals surface area contributed by atoms with Gasteiger partial charge in [-0.2, -0.15) is 0 Å². The Morgan fingerprint density at radius 3 is 2.68 bits per heavy atom. The third-order valence-corrected chi connectivity index (χ3v) is 4.79. The molecule has 0 radical (unpaired) electrons. The molecule has 1 aromatic rings. The fourth-order valence-electron chi connectivity index (χ4n) is 2.32. The van der Waals surface area contributed by atoms with E-state index < -0.39 is 10.0 Å². The molecule has 1 aromatic carbocycles. The van der Waals surface area contributed by atoms with Gasteiger partial charge in [-0.05, 0) is 38.8 Å². The minimum atomic E-state index is -3.68. The number of nitrogens with one attached hydrogen (secondary N) is 1. The molecule has 1 aliphatic rings. The second-order valence-corrected chi connectivity index (χ2v) is 6.70. The first-order valence-corrected chi connectivity index (χ1v) is 9.06. The van der Waals surface area contributed by atoms with Crippen LogP contribution in [0.5, 0.6) is 11.5 Å². The summed E-state index contributed by atoms with van der Waals surface area (Å²) >= 11 is 0. The van der Waals surface area contributed by atoms with Crippen molar-refractivity contribution in [2.45, 2.75) is 37.7 Å². The normalized spacial score (nSPS) is 18.4. The molecule has 1 N–H and O–H groups in total. The Kier molecular flexibility index (Phi) is 6.05. The molecule has 0 spiro atoms. The minimum Gasteiger partial charge on any atom is -0.494 e. The summed E-state index contributed by atoms with van der Waals surface area (Å²) in [7, 11) is -3.68. The van der Waals surface area contributed by atoms with E-state index >= 15 is 0 Å². The molecular formula is C15H23NO5S. The first kappa shape index (κ1) is 17.1. The van der Waals surface area contributed by atoms with Gasteiger partial charge in [0.1, 0.15) is 16.4 Å². The van der Waals surface area contributed by atoms with Gasteiger partial charge in [0.15, 0.2) is 0 Å². The van der Waals surface area contributed by atoms with E-state index in [0.717, 1.165) is 12.8 Å². The average molecular weight is 329 g/mol. The van der Waals surface area contributed by atoms with Crippen molar-refractivity contribution in [3.63, 3.8) is 0 Å². The predicted molar refractivity (Wildman–Crippen MR) is 82.9 cm³/mol. The van der Waals surface area contributed by atoms with Gasteiger partial charge in [-0.3, -0.25) is 0 Å². The number of sulfonamides is 1. The van der Waals surface area contributed by atoms with Crippen molar-refractivity contribution in [3.8, 4) is 11.5 Å². The van der Waals surface area contributed by atoms with E-state index in [1.54, 1.807) is 12.1 Å². The Morgan fingerprint density at radius 2 is 2.05 bits per heavy atom. The fraction of sp³-hybridized carbons (Fsp3) is 0.600. The number of hydrogen-bond acceptors (Lipinski definition) is 5. The maximum Gasteiger partial charge on any atom is 0.244 e. The third kappa shape index (κ3) is 4.34. The molecule has 1 fully saturated rings. The largest absolute Gasteiger partial charge is 0.494 e. The number of rotatable bonds is 8. The van der Waals surface area contributed by atoms with Crippen LogP contribution in [0.4, 0.5) is 0 Å². The van der Waals surface area contributed by atoms with Gasteiger partial charge >= 0.3 is 0 Å². The molecule has 1 atom stereocenters. The number of benzene rings is 1. The van der Waals surface area contributed by atoms with Gasteiger partial charge in [0.25, 0.3) is 0 Å². The monoisotopic (exact) mass is 329 g/mol. The summed E-state index contributed by atoms with van der Waals surface area (Å²) in [6, 6.07) is 4.81. The predicted octanol–water partition coefficient (Wildman–Crippen LogP) is 1.94. The molecule has 6 nitrogen and oxygen atoms in total. The molecule has 7 heteroatoms. The van der Waals surface area contributed by atoms with E-state index in [9.17, 15) is 8.42 Å². The Bertz CT molecular complexity index is 582. The van der Waals surface area contributed by atoms with Crippen LogP contribution < -0.4 is 14.2 Å². The van der Waals surface area contributed by atoms with E-state index in [1.807, 2.05) is 13.8 Å². The van der Waals surface area contributed by atoms with Crippen molar-refractivity contribution < 1.29 is 22.6 Å². The molecule has 2 rings (SSSR count). The number of ether oxygens (including phenoxy) is 3. The Balaban J connectivity index is 2.19. The Morgan fingerprint density at radius 1 is 1.27 bits per heavy atom. The maximum atomic E-state index is 12.5. The first-order chi connectivity index (χ1) is 10.6. The lowest BCUT2D eigenvalue weighted by atomic mass is 10.2. The highest BCUT2D eigenvalue weighted by Gasteiger charge is 2.23. The Hall–Kier alpha value is -1.31. The topological polar surface area (TPSA) is 73.9 Å². The van der Waals surface area contributed by atoms with Gasteiger partial charge in [0.2, 0.25) is 10.0 Å². The highest BCUT2D eigenvalue weighted by atomic mass is 32.2. The van der Waals surface area contributed by atoms with Gasteiger partial charge in [0.05, 0.1) is 19.3 Å². The Labute approximate surface area is 131 Å². The molecule has 1 aliphatic heterocycles. The molecule has 1 heterocycles. The van der Waals surface area contributed by atoms with Crippen LogP contribution in [-0.2, 0) is 14.8 Å². The van der Waals surface area contributed by atoms with Crippen molar-refractivity contribution in [2.75, 3.05) is 26.4 Å². The first-order valence-electron chi connectivity index (χ1n) is 7.57. The van der Waals surface area contributed by atoms with Crippen LogP contribution in [0, 0.1) is 0 Å². The molecule has 0 aromatic heterocycles. The zero-order valence-electron chi connectivity index (χ0n) is 13.0. The lowest BCUT2D eigenvalue weighted by Crippen LogP contribution is -2.32. The quantitative estimate of drug-likeness (QED) is 0.789. The van der Waals surface area contributed by atoms with E-state index in [-0.39, 0.29) is 17.5 Å². The number of hydrogen-bond donors (Lipinski definition) is 1. The maximum absolute atomic E-state index is 12.5. The lowest BCUT2D eigenvalue weighted by molar-refractivity contribution is 0.114. The third-order valence-electron chi connectivity index (χ3n) is 3.34. The zero-order valence-corrected chi connectivity index (χ0v) is 13.8. The average Bonchev–Trinajstić information content (AvgIpc) is 3.01. The van der Waals surface area contributed by atoms with Crippen LogP contribution >= 0.6 is 0 Å². The molecular weight excluding hydrogens is 306 g/mol. The molecule has 22 heavy (non-hydrogen) atoms. The molecule has 0 unspecified atom stereocenters. The highest BCUT2D eigenvalue weighted by Crippen LogP contribution is 2.28. The van der Waals surface area contributed by atoms with Crippen molar-refractivity contribution in [1.82, 2.24) is 4.72 Å². The second kappa shape index (κ2) is 7.80. The summed E-state index contributed by atoms with van der Waals surface area (Å²) in [5.41, 5.74) is 0. The molecule has 0 saturated carbocycles. The summed E-state index contributed by atoms with van der Waals surface area (Å²) in [4.78, 5) is 0.0956. The van der Waals surface area contributed by atoms with E-state index in [2.05, 4.69) is 4.72 Å². The SMILES string of the molecule is CCOc1ccc(OCC)c(S(=O)(=O)NC[C@H]2CCCO2)c1. The van der Waals surface area contributed by atoms with Crippen molar-refractivity contribution in [3.05, 3.63) is 18.2 Å². The van der Waals surface area contributed by atoms with Crippen LogP contribution in [0.2, 0.25) is 0 Å². The lowest BCUT2D eigenvalue weighted by Gasteiger charge is -2.15. The minimum absolute atomic E-state index is 0.0552. The molecule has 124 valence electrons. The summed E-state index contributed by atoms with van der Waals surface area (Å²) in [5, 5.41) is 0. The molecule has 0 aliphatic carbocycles.